The highest BCUT2D eigenvalue weighted by molar-refractivity contribution is 5.35. The molecule has 0 fully saturated rings. The highest BCUT2D eigenvalue weighted by Crippen LogP contribution is 2.10. The Kier molecular flexibility index (Phi) is 4.55. The van der Waals surface area contributed by atoms with E-state index in [0.717, 1.165) is 18.7 Å². The third kappa shape index (κ3) is 3.47. The van der Waals surface area contributed by atoms with Crippen LogP contribution in [0, 0.1) is 0 Å². The van der Waals surface area contributed by atoms with Crippen molar-refractivity contribution in [2.45, 2.75) is 12.8 Å². The molecule has 1 N–H and O–H groups in total. The van der Waals surface area contributed by atoms with Gasteiger partial charge in [0.2, 0.25) is 5.88 Å². The molecule has 0 amide bonds. The Morgan fingerprint density at radius 1 is 1.57 bits per heavy atom. The lowest BCUT2D eigenvalue weighted by Gasteiger charge is -2.05. The predicted molar refractivity (Wildman–Crippen MR) is 58.7 cm³/mol. The molecule has 3 heteroatoms. The maximum absolute atomic E-state index is 5.45. The molecule has 76 valence electrons. The van der Waals surface area contributed by atoms with Crippen LogP contribution in [0.25, 0.3) is 0 Å². The molecule has 0 unspecified atom stereocenters. The number of hydrogen-bond acceptors (Lipinski definition) is 3. The van der Waals surface area contributed by atoms with Gasteiger partial charge in [-0.3, -0.25) is 0 Å². The molecule has 0 saturated heterocycles. The summed E-state index contributed by atoms with van der Waals surface area (Å²) in [7, 11) is 1.84. The van der Waals surface area contributed by atoms with E-state index < -0.39 is 0 Å². The fraction of sp³-hybridized carbons (Fsp3) is 0.364. The average Bonchev–Trinajstić information content (AvgIpc) is 2.25. The van der Waals surface area contributed by atoms with Crippen LogP contribution in [0.3, 0.4) is 0 Å². The molecular formula is C11H16N2O. The Labute approximate surface area is 84.8 Å². The van der Waals surface area contributed by atoms with Crippen molar-refractivity contribution in [3.63, 3.8) is 0 Å². The van der Waals surface area contributed by atoms with E-state index in [0.29, 0.717) is 12.5 Å². The van der Waals surface area contributed by atoms with Gasteiger partial charge in [0.05, 0.1) is 6.61 Å². The molecule has 0 atom stereocenters. The van der Waals surface area contributed by atoms with Crippen molar-refractivity contribution in [1.29, 1.82) is 0 Å². The van der Waals surface area contributed by atoms with E-state index in [1.54, 1.807) is 0 Å². The van der Waals surface area contributed by atoms with E-state index in [9.17, 15) is 0 Å². The minimum Gasteiger partial charge on any atom is -0.478 e. The van der Waals surface area contributed by atoms with Crippen LogP contribution in [0.4, 0.5) is 5.82 Å². The molecule has 0 aliphatic carbocycles. The third-order valence-electron chi connectivity index (χ3n) is 1.78. The number of ether oxygens (including phenoxy) is 1. The zero-order chi connectivity index (χ0) is 10.2. The standard InChI is InChI=1S/C11H16N2O/c1-3-4-5-9-14-11-8-6-7-10(12-2)13-11/h3,6-8H,1,4-5,9H2,2H3,(H,12,13). The number of nitrogens with zero attached hydrogens (tertiary/aromatic N) is 1. The first kappa shape index (κ1) is 10.6. The van der Waals surface area contributed by atoms with Gasteiger partial charge in [-0.05, 0) is 18.9 Å². The maximum Gasteiger partial charge on any atom is 0.215 e. The van der Waals surface area contributed by atoms with Crippen molar-refractivity contribution in [3.05, 3.63) is 30.9 Å². The normalized spacial score (nSPS) is 9.50. The summed E-state index contributed by atoms with van der Waals surface area (Å²) >= 11 is 0. The van der Waals surface area contributed by atoms with Gasteiger partial charge >= 0.3 is 0 Å². The number of rotatable bonds is 6. The van der Waals surface area contributed by atoms with Crippen LogP contribution < -0.4 is 10.1 Å². The second-order valence-corrected chi connectivity index (χ2v) is 2.89. The van der Waals surface area contributed by atoms with Gasteiger partial charge in [-0.25, -0.2) is 0 Å². The second-order valence-electron chi connectivity index (χ2n) is 2.89. The van der Waals surface area contributed by atoms with Crippen LogP contribution in [0.2, 0.25) is 0 Å². The molecule has 0 radical (unpaired) electrons. The largest absolute Gasteiger partial charge is 0.478 e. The van der Waals surface area contributed by atoms with E-state index in [-0.39, 0.29) is 0 Å². The maximum atomic E-state index is 5.45. The monoisotopic (exact) mass is 192 g/mol. The molecule has 0 saturated carbocycles. The van der Waals surface area contributed by atoms with Gasteiger partial charge in [0.1, 0.15) is 5.82 Å². The van der Waals surface area contributed by atoms with E-state index in [4.69, 9.17) is 4.74 Å². The number of hydrogen-bond donors (Lipinski definition) is 1. The molecule has 1 aromatic rings. The molecule has 3 nitrogen and oxygen atoms in total. The number of aromatic nitrogens is 1. The number of unbranched alkanes of at least 4 members (excludes halogenated alkanes) is 1. The molecule has 1 heterocycles. The van der Waals surface area contributed by atoms with Crippen LogP contribution >= 0.6 is 0 Å². The zero-order valence-electron chi connectivity index (χ0n) is 8.49. The molecule has 1 rings (SSSR count). The Morgan fingerprint density at radius 2 is 2.43 bits per heavy atom. The summed E-state index contributed by atoms with van der Waals surface area (Å²) in [6, 6.07) is 5.67. The van der Waals surface area contributed by atoms with Crippen molar-refractivity contribution >= 4 is 5.82 Å². The molecule has 0 aliphatic rings. The van der Waals surface area contributed by atoms with Crippen LogP contribution in [0.15, 0.2) is 30.9 Å². The van der Waals surface area contributed by atoms with E-state index in [2.05, 4.69) is 16.9 Å². The first-order valence-electron chi connectivity index (χ1n) is 4.75. The van der Waals surface area contributed by atoms with Crippen molar-refractivity contribution in [3.8, 4) is 5.88 Å². The summed E-state index contributed by atoms with van der Waals surface area (Å²) in [5, 5.41) is 2.96. The zero-order valence-corrected chi connectivity index (χ0v) is 8.49. The molecule has 14 heavy (non-hydrogen) atoms. The summed E-state index contributed by atoms with van der Waals surface area (Å²) in [6.45, 7) is 4.34. The number of pyridine rings is 1. The summed E-state index contributed by atoms with van der Waals surface area (Å²) in [5.41, 5.74) is 0. The van der Waals surface area contributed by atoms with Gasteiger partial charge in [0.25, 0.3) is 0 Å². The highest BCUT2D eigenvalue weighted by Gasteiger charge is 1.95. The molecule has 0 bridgehead atoms. The Bertz CT molecular complexity index is 286. The summed E-state index contributed by atoms with van der Waals surface area (Å²) in [6.07, 6.45) is 3.85. The van der Waals surface area contributed by atoms with Crippen molar-refractivity contribution in [1.82, 2.24) is 4.98 Å². The SMILES string of the molecule is C=CCCCOc1cccc(NC)n1. The van der Waals surface area contributed by atoms with Gasteiger partial charge in [-0.2, -0.15) is 4.98 Å². The lowest BCUT2D eigenvalue weighted by Crippen LogP contribution is -2.00. The van der Waals surface area contributed by atoms with Gasteiger partial charge < -0.3 is 10.1 Å². The fourth-order valence-corrected chi connectivity index (χ4v) is 1.04. The number of anilines is 1. The van der Waals surface area contributed by atoms with E-state index in [1.807, 2.05) is 31.3 Å². The highest BCUT2D eigenvalue weighted by atomic mass is 16.5. The molecule has 0 spiro atoms. The average molecular weight is 192 g/mol. The van der Waals surface area contributed by atoms with Gasteiger partial charge in [-0.15, -0.1) is 6.58 Å². The van der Waals surface area contributed by atoms with Crippen LogP contribution in [-0.4, -0.2) is 18.6 Å². The smallest absolute Gasteiger partial charge is 0.215 e. The lowest BCUT2D eigenvalue weighted by atomic mass is 10.3. The minimum atomic E-state index is 0.668. The van der Waals surface area contributed by atoms with Crippen LogP contribution in [0.1, 0.15) is 12.8 Å². The molecule has 0 aromatic carbocycles. The topological polar surface area (TPSA) is 34.1 Å². The van der Waals surface area contributed by atoms with Crippen LogP contribution in [-0.2, 0) is 0 Å². The first-order chi connectivity index (χ1) is 6.86. The predicted octanol–water partition coefficient (Wildman–Crippen LogP) is 2.47. The summed E-state index contributed by atoms with van der Waals surface area (Å²) < 4.78 is 5.45. The van der Waals surface area contributed by atoms with Crippen molar-refractivity contribution in [2.75, 3.05) is 19.0 Å². The summed E-state index contributed by atoms with van der Waals surface area (Å²) in [5.74, 6) is 1.49. The van der Waals surface area contributed by atoms with Crippen LogP contribution in [0.5, 0.6) is 5.88 Å². The second kappa shape index (κ2) is 6.02. The quantitative estimate of drug-likeness (QED) is 0.555. The number of allylic oxidation sites excluding steroid dienone is 1. The molecule has 0 aliphatic heterocycles. The van der Waals surface area contributed by atoms with Gasteiger partial charge in [0, 0.05) is 13.1 Å². The van der Waals surface area contributed by atoms with Crippen molar-refractivity contribution in [2.24, 2.45) is 0 Å². The number of nitrogens with one attached hydrogen (secondary N) is 1. The minimum absolute atomic E-state index is 0.668. The van der Waals surface area contributed by atoms with Crippen molar-refractivity contribution < 1.29 is 4.74 Å². The molecule has 1 aromatic heterocycles. The summed E-state index contributed by atoms with van der Waals surface area (Å²) in [4.78, 5) is 4.23. The Balaban J connectivity index is 2.38. The Morgan fingerprint density at radius 3 is 3.14 bits per heavy atom. The van der Waals surface area contributed by atoms with E-state index >= 15 is 0 Å². The van der Waals surface area contributed by atoms with Gasteiger partial charge in [-0.1, -0.05) is 12.1 Å². The lowest BCUT2D eigenvalue weighted by molar-refractivity contribution is 0.301. The molecular weight excluding hydrogens is 176 g/mol. The third-order valence-corrected chi connectivity index (χ3v) is 1.78. The van der Waals surface area contributed by atoms with E-state index in [1.165, 1.54) is 0 Å². The Hall–Kier alpha value is -1.51. The van der Waals surface area contributed by atoms with Gasteiger partial charge in [0.15, 0.2) is 0 Å². The fourth-order valence-electron chi connectivity index (χ4n) is 1.04. The first-order valence-corrected chi connectivity index (χ1v) is 4.75.